The predicted molar refractivity (Wildman–Crippen MR) is 56.1 cm³/mol. The zero-order chi connectivity index (χ0) is 9.68. The Bertz CT molecular complexity index is 323. The molecule has 0 saturated carbocycles. The van der Waals surface area contributed by atoms with Crippen molar-refractivity contribution in [1.82, 2.24) is 0 Å². The molecule has 0 heterocycles. The molecular formula is C8H6BrNO2S. The molecule has 0 unspecified atom stereocenters. The van der Waals surface area contributed by atoms with Gasteiger partial charge in [0.1, 0.15) is 0 Å². The molecule has 0 bridgehead atoms. The number of hydrogen-bond acceptors (Lipinski definition) is 3. The number of thioether (sulfide) groups is 1. The number of halogens is 1. The Balaban J connectivity index is 2.55. The number of nitrogens with zero attached hydrogens (tertiary/aromatic N) is 1. The Morgan fingerprint density at radius 2 is 2.00 bits per heavy atom. The molecule has 5 heteroatoms. The molecule has 0 aliphatic rings. The maximum Gasteiger partial charge on any atom is 0.241 e. The summed E-state index contributed by atoms with van der Waals surface area (Å²) in [6.07, 6.45) is 0.923. The summed E-state index contributed by atoms with van der Waals surface area (Å²) in [6, 6.07) is 7.56. The summed E-state index contributed by atoms with van der Waals surface area (Å²) >= 11 is 4.62. The molecule has 0 aliphatic carbocycles. The van der Waals surface area contributed by atoms with Gasteiger partial charge >= 0.3 is 0 Å². The lowest BCUT2D eigenvalue weighted by Crippen LogP contribution is -1.80. The lowest BCUT2D eigenvalue weighted by Gasteiger charge is -1.93. The van der Waals surface area contributed by atoms with E-state index in [0.717, 1.165) is 15.6 Å². The Morgan fingerprint density at radius 1 is 1.38 bits per heavy atom. The molecule has 3 nitrogen and oxygen atoms in total. The first-order valence-corrected chi connectivity index (χ1v) is 5.08. The van der Waals surface area contributed by atoms with E-state index in [1.165, 1.54) is 17.2 Å². The molecule has 0 amide bonds. The summed E-state index contributed by atoms with van der Waals surface area (Å²) in [7, 11) is 0. The number of rotatable bonds is 3. The Morgan fingerprint density at radius 3 is 2.54 bits per heavy atom. The number of benzene rings is 1. The Labute approximate surface area is 88.1 Å². The van der Waals surface area contributed by atoms with Crippen molar-refractivity contribution >= 4 is 27.7 Å². The summed E-state index contributed by atoms with van der Waals surface area (Å²) in [6.45, 7) is 0. The van der Waals surface area contributed by atoms with Crippen molar-refractivity contribution in [1.29, 1.82) is 0 Å². The van der Waals surface area contributed by atoms with Gasteiger partial charge in [0.2, 0.25) is 6.20 Å². The van der Waals surface area contributed by atoms with Gasteiger partial charge in [0.25, 0.3) is 0 Å². The third-order valence-corrected chi connectivity index (χ3v) is 2.53. The molecule has 0 aromatic heterocycles. The maximum atomic E-state index is 9.94. The number of hydrogen-bond donors (Lipinski definition) is 0. The topological polar surface area (TPSA) is 43.1 Å². The average Bonchev–Trinajstić information content (AvgIpc) is 2.08. The van der Waals surface area contributed by atoms with Crippen LogP contribution >= 0.6 is 27.7 Å². The molecule has 0 radical (unpaired) electrons. The van der Waals surface area contributed by atoms with Crippen LogP contribution in [-0.4, -0.2) is 4.92 Å². The van der Waals surface area contributed by atoms with Crippen molar-refractivity contribution in [2.75, 3.05) is 0 Å². The quantitative estimate of drug-likeness (QED) is 0.475. The standard InChI is InChI=1S/C8H6BrNO2S/c9-7-1-3-8(4-2-7)13-6-5-10(11)12/h1-6H. The van der Waals surface area contributed by atoms with Gasteiger partial charge < -0.3 is 0 Å². The molecule has 0 aliphatic heterocycles. The summed E-state index contributed by atoms with van der Waals surface area (Å²) in [5.74, 6) is 0. The van der Waals surface area contributed by atoms with Gasteiger partial charge in [-0.3, -0.25) is 10.1 Å². The fraction of sp³-hybridized carbons (Fsp3) is 0. The van der Waals surface area contributed by atoms with Gasteiger partial charge in [0.15, 0.2) is 0 Å². The van der Waals surface area contributed by atoms with Crippen molar-refractivity contribution < 1.29 is 4.92 Å². The van der Waals surface area contributed by atoms with Crippen molar-refractivity contribution in [3.05, 3.63) is 50.5 Å². The lowest BCUT2D eigenvalue weighted by atomic mass is 10.4. The van der Waals surface area contributed by atoms with Crippen LogP contribution in [0.3, 0.4) is 0 Å². The first-order valence-electron chi connectivity index (χ1n) is 3.41. The SMILES string of the molecule is O=[N+]([O-])C=CSc1ccc(Br)cc1. The normalized spacial score (nSPS) is 10.5. The molecule has 0 fully saturated rings. The lowest BCUT2D eigenvalue weighted by molar-refractivity contribution is -0.402. The van der Waals surface area contributed by atoms with E-state index in [9.17, 15) is 10.1 Å². The monoisotopic (exact) mass is 259 g/mol. The third kappa shape index (κ3) is 4.10. The van der Waals surface area contributed by atoms with Crippen molar-refractivity contribution in [3.63, 3.8) is 0 Å². The second-order valence-corrected chi connectivity index (χ2v) is 4.04. The fourth-order valence-electron chi connectivity index (χ4n) is 0.672. The summed E-state index contributed by atoms with van der Waals surface area (Å²) < 4.78 is 0.995. The molecule has 1 aromatic carbocycles. The third-order valence-electron chi connectivity index (χ3n) is 1.20. The minimum atomic E-state index is -0.480. The first-order chi connectivity index (χ1) is 6.18. The number of nitro groups is 1. The van der Waals surface area contributed by atoms with E-state index >= 15 is 0 Å². The Hall–Kier alpha value is -0.810. The molecule has 1 rings (SSSR count). The Kier molecular flexibility index (Phi) is 3.98. The predicted octanol–water partition coefficient (Wildman–Crippen LogP) is 3.29. The van der Waals surface area contributed by atoms with E-state index in [-0.39, 0.29) is 0 Å². The zero-order valence-electron chi connectivity index (χ0n) is 6.51. The zero-order valence-corrected chi connectivity index (χ0v) is 8.92. The van der Waals surface area contributed by atoms with Crippen LogP contribution < -0.4 is 0 Å². The van der Waals surface area contributed by atoms with Crippen LogP contribution in [0.5, 0.6) is 0 Å². The minimum absolute atomic E-state index is 0.480. The summed E-state index contributed by atoms with van der Waals surface area (Å²) in [5.41, 5.74) is 0. The highest BCUT2D eigenvalue weighted by molar-refractivity contribution is 9.10. The highest BCUT2D eigenvalue weighted by Gasteiger charge is 1.91. The average molecular weight is 260 g/mol. The van der Waals surface area contributed by atoms with Gasteiger partial charge in [-0.05, 0) is 24.3 Å². The molecule has 0 atom stereocenters. The summed E-state index contributed by atoms with van der Waals surface area (Å²) in [4.78, 5) is 10.4. The summed E-state index contributed by atoms with van der Waals surface area (Å²) in [5, 5.41) is 11.4. The van der Waals surface area contributed by atoms with Gasteiger partial charge in [0.05, 0.1) is 4.92 Å². The molecular weight excluding hydrogens is 254 g/mol. The van der Waals surface area contributed by atoms with Crippen LogP contribution in [0.15, 0.2) is 45.2 Å². The van der Waals surface area contributed by atoms with E-state index in [0.29, 0.717) is 0 Å². The maximum absolute atomic E-state index is 9.94. The van der Waals surface area contributed by atoms with Gasteiger partial charge in [-0.15, -0.1) is 0 Å². The second kappa shape index (κ2) is 5.04. The van der Waals surface area contributed by atoms with Crippen molar-refractivity contribution in [3.8, 4) is 0 Å². The second-order valence-electron chi connectivity index (χ2n) is 2.14. The molecule has 1 aromatic rings. The molecule has 0 N–H and O–H groups in total. The molecule has 13 heavy (non-hydrogen) atoms. The first kappa shape index (κ1) is 10.3. The highest BCUT2D eigenvalue weighted by Crippen LogP contribution is 2.21. The molecule has 68 valence electrons. The molecule has 0 spiro atoms. The van der Waals surface area contributed by atoms with E-state index in [1.54, 1.807) is 0 Å². The smallest absolute Gasteiger partial charge is 0.241 e. The minimum Gasteiger partial charge on any atom is -0.259 e. The van der Waals surface area contributed by atoms with Crippen LogP contribution in [0.1, 0.15) is 0 Å². The van der Waals surface area contributed by atoms with Gasteiger partial charge in [0, 0.05) is 14.8 Å². The van der Waals surface area contributed by atoms with E-state index in [2.05, 4.69) is 15.9 Å². The van der Waals surface area contributed by atoms with E-state index in [1.807, 2.05) is 24.3 Å². The van der Waals surface area contributed by atoms with E-state index in [4.69, 9.17) is 0 Å². The molecule has 0 saturated heterocycles. The van der Waals surface area contributed by atoms with Crippen LogP contribution in [0.25, 0.3) is 0 Å². The largest absolute Gasteiger partial charge is 0.259 e. The van der Waals surface area contributed by atoms with Crippen molar-refractivity contribution in [2.24, 2.45) is 0 Å². The van der Waals surface area contributed by atoms with Crippen molar-refractivity contribution in [2.45, 2.75) is 4.90 Å². The van der Waals surface area contributed by atoms with Gasteiger partial charge in [-0.25, -0.2) is 0 Å². The van der Waals surface area contributed by atoms with Crippen LogP contribution in [0.4, 0.5) is 0 Å². The van der Waals surface area contributed by atoms with Crippen LogP contribution in [0.2, 0.25) is 0 Å². The van der Waals surface area contributed by atoms with E-state index < -0.39 is 4.92 Å². The fourth-order valence-corrected chi connectivity index (χ4v) is 1.55. The highest BCUT2D eigenvalue weighted by atomic mass is 79.9. The van der Waals surface area contributed by atoms with Gasteiger partial charge in [-0.1, -0.05) is 27.7 Å². The van der Waals surface area contributed by atoms with Crippen LogP contribution in [0, 0.1) is 10.1 Å². The van der Waals surface area contributed by atoms with Crippen LogP contribution in [-0.2, 0) is 0 Å². The van der Waals surface area contributed by atoms with Gasteiger partial charge in [-0.2, -0.15) is 0 Å².